The summed E-state index contributed by atoms with van der Waals surface area (Å²) in [6, 6.07) is 16.2. The molecule has 3 aromatic rings. The number of carbonyl (C=O) groups is 1. The Balaban J connectivity index is 1.52. The van der Waals surface area contributed by atoms with Gasteiger partial charge in [-0.15, -0.1) is 0 Å². The molecule has 124 valence electrons. The van der Waals surface area contributed by atoms with Gasteiger partial charge < -0.3 is 5.32 Å². The normalized spacial score (nSPS) is 12.8. The van der Waals surface area contributed by atoms with Crippen LogP contribution in [0.4, 0.5) is 5.69 Å². The number of amides is 1. The molecule has 1 N–H and O–H groups in total. The van der Waals surface area contributed by atoms with Crippen LogP contribution in [0.1, 0.15) is 16.7 Å². The van der Waals surface area contributed by atoms with Crippen LogP contribution >= 0.6 is 11.6 Å². The molecule has 0 spiro atoms. The van der Waals surface area contributed by atoms with Crippen molar-refractivity contribution in [3.05, 3.63) is 82.6 Å². The first-order chi connectivity index (χ1) is 12.2. The third-order valence-corrected chi connectivity index (χ3v) is 4.73. The van der Waals surface area contributed by atoms with Crippen LogP contribution in [0.3, 0.4) is 0 Å². The third kappa shape index (κ3) is 3.57. The number of hydrogen-bond donors (Lipinski definition) is 1. The monoisotopic (exact) mass is 348 g/mol. The Kier molecular flexibility index (Phi) is 4.24. The minimum atomic E-state index is 0.0574. The first-order valence-electron chi connectivity index (χ1n) is 8.29. The summed E-state index contributed by atoms with van der Waals surface area (Å²) in [5.74, 6) is 0.0574. The van der Waals surface area contributed by atoms with E-state index in [0.29, 0.717) is 6.42 Å². The Morgan fingerprint density at radius 3 is 2.56 bits per heavy atom. The summed E-state index contributed by atoms with van der Waals surface area (Å²) in [6.45, 7) is 0. The van der Waals surface area contributed by atoms with Crippen molar-refractivity contribution in [2.75, 3.05) is 5.32 Å². The average molecular weight is 349 g/mol. The molecule has 3 nitrogen and oxygen atoms in total. The molecule has 0 saturated heterocycles. The lowest BCUT2D eigenvalue weighted by atomic mass is 10.0. The van der Waals surface area contributed by atoms with Crippen molar-refractivity contribution < 1.29 is 4.79 Å². The largest absolute Gasteiger partial charge is 0.326 e. The molecule has 4 heteroatoms. The van der Waals surface area contributed by atoms with Gasteiger partial charge in [-0.05, 0) is 59.4 Å². The zero-order valence-corrected chi connectivity index (χ0v) is 14.4. The maximum Gasteiger partial charge on any atom is 0.228 e. The van der Waals surface area contributed by atoms with E-state index < -0.39 is 0 Å². The molecule has 1 aliphatic rings. The molecule has 25 heavy (non-hydrogen) atoms. The summed E-state index contributed by atoms with van der Waals surface area (Å²) in [6.07, 6.45) is 6.11. The van der Waals surface area contributed by atoms with Crippen LogP contribution in [0.2, 0.25) is 5.02 Å². The number of benzene rings is 2. The van der Waals surface area contributed by atoms with Gasteiger partial charge in [-0.3, -0.25) is 9.78 Å². The van der Waals surface area contributed by atoms with E-state index in [1.807, 2.05) is 36.7 Å². The molecule has 1 aromatic heterocycles. The topological polar surface area (TPSA) is 42.0 Å². The molecule has 1 amide bonds. The lowest BCUT2D eigenvalue weighted by Crippen LogP contribution is -2.03. The highest BCUT2D eigenvalue weighted by atomic mass is 35.5. The van der Waals surface area contributed by atoms with Gasteiger partial charge in [0.25, 0.3) is 0 Å². The predicted molar refractivity (Wildman–Crippen MR) is 101 cm³/mol. The summed E-state index contributed by atoms with van der Waals surface area (Å²) in [5, 5.41) is 3.66. The van der Waals surface area contributed by atoms with Crippen molar-refractivity contribution in [1.29, 1.82) is 0 Å². The highest BCUT2D eigenvalue weighted by molar-refractivity contribution is 6.30. The van der Waals surface area contributed by atoms with Crippen molar-refractivity contribution in [3.8, 4) is 11.1 Å². The number of rotatable bonds is 4. The van der Waals surface area contributed by atoms with Crippen LogP contribution in [0, 0.1) is 0 Å². The first kappa shape index (κ1) is 15.9. The van der Waals surface area contributed by atoms with Gasteiger partial charge in [0.2, 0.25) is 5.91 Å². The molecule has 2 heterocycles. The fourth-order valence-electron chi connectivity index (χ4n) is 3.12. The SMILES string of the molecule is O=C1Cc2ccc(-c3cncc(CCc4ccc(Cl)cc4)c3)cc2N1. The second kappa shape index (κ2) is 6.69. The Labute approximate surface area is 151 Å². The van der Waals surface area contributed by atoms with Crippen molar-refractivity contribution in [2.45, 2.75) is 19.3 Å². The second-order valence-electron chi connectivity index (χ2n) is 6.31. The Morgan fingerprint density at radius 1 is 0.920 bits per heavy atom. The Morgan fingerprint density at radius 2 is 1.72 bits per heavy atom. The van der Waals surface area contributed by atoms with Gasteiger partial charge >= 0.3 is 0 Å². The lowest BCUT2D eigenvalue weighted by molar-refractivity contribution is -0.115. The molecular weight excluding hydrogens is 332 g/mol. The summed E-state index contributed by atoms with van der Waals surface area (Å²) in [4.78, 5) is 15.9. The molecule has 0 fully saturated rings. The van der Waals surface area contributed by atoms with Crippen LogP contribution in [0.5, 0.6) is 0 Å². The van der Waals surface area contributed by atoms with Gasteiger partial charge in [0.05, 0.1) is 6.42 Å². The highest BCUT2D eigenvalue weighted by Gasteiger charge is 2.17. The molecule has 0 atom stereocenters. The number of nitrogens with one attached hydrogen (secondary N) is 1. The van der Waals surface area contributed by atoms with Crippen molar-refractivity contribution in [3.63, 3.8) is 0 Å². The fourth-order valence-corrected chi connectivity index (χ4v) is 3.24. The maximum absolute atomic E-state index is 11.5. The van der Waals surface area contributed by atoms with Crippen LogP contribution in [-0.4, -0.2) is 10.9 Å². The Bertz CT molecular complexity index is 935. The van der Waals surface area contributed by atoms with Gasteiger partial charge in [-0.2, -0.15) is 0 Å². The average Bonchev–Trinajstić information content (AvgIpc) is 3.00. The smallest absolute Gasteiger partial charge is 0.228 e. The number of halogens is 1. The Hall–Kier alpha value is -2.65. The summed E-state index contributed by atoms with van der Waals surface area (Å²) < 4.78 is 0. The maximum atomic E-state index is 11.5. The first-order valence-corrected chi connectivity index (χ1v) is 8.67. The number of aryl methyl sites for hydroxylation is 2. The van der Waals surface area contributed by atoms with Crippen molar-refractivity contribution >= 4 is 23.2 Å². The van der Waals surface area contributed by atoms with Crippen LogP contribution in [0.25, 0.3) is 11.1 Å². The molecule has 2 aromatic carbocycles. The predicted octanol–water partition coefficient (Wildman–Crippen LogP) is 4.68. The standard InChI is InChI=1S/C21H17ClN2O/c22-19-7-3-14(4-8-19)1-2-15-9-18(13-23-12-15)16-5-6-17-11-21(25)24-20(17)10-16/h3-10,12-13H,1-2,11H2,(H,24,25). The third-order valence-electron chi connectivity index (χ3n) is 4.48. The number of pyridine rings is 1. The number of carbonyl (C=O) groups excluding carboxylic acids is 1. The molecular formula is C21H17ClN2O. The van der Waals surface area contributed by atoms with E-state index in [1.165, 1.54) is 11.1 Å². The lowest BCUT2D eigenvalue weighted by Gasteiger charge is -2.07. The summed E-state index contributed by atoms with van der Waals surface area (Å²) in [5.41, 5.74) is 6.56. The zero-order valence-electron chi connectivity index (χ0n) is 13.6. The molecule has 1 aliphatic heterocycles. The van der Waals surface area contributed by atoms with Crippen molar-refractivity contribution in [1.82, 2.24) is 4.98 Å². The van der Waals surface area contributed by atoms with E-state index in [4.69, 9.17) is 11.6 Å². The van der Waals surface area contributed by atoms with Gasteiger partial charge in [0.1, 0.15) is 0 Å². The molecule has 0 saturated carbocycles. The quantitative estimate of drug-likeness (QED) is 0.743. The molecule has 4 rings (SSSR count). The van der Waals surface area contributed by atoms with E-state index in [1.54, 1.807) is 0 Å². The number of anilines is 1. The number of aromatic nitrogens is 1. The molecule has 0 unspecified atom stereocenters. The van der Waals surface area contributed by atoms with E-state index in [0.717, 1.165) is 40.2 Å². The van der Waals surface area contributed by atoms with Gasteiger partial charge in [-0.25, -0.2) is 0 Å². The minimum absolute atomic E-state index is 0.0574. The zero-order chi connectivity index (χ0) is 17.2. The molecule has 0 bridgehead atoms. The van der Waals surface area contributed by atoms with Gasteiger partial charge in [0.15, 0.2) is 0 Å². The van der Waals surface area contributed by atoms with Crippen LogP contribution in [-0.2, 0) is 24.1 Å². The molecule has 0 aliphatic carbocycles. The number of nitrogens with zero attached hydrogens (tertiary/aromatic N) is 1. The van der Waals surface area contributed by atoms with E-state index in [-0.39, 0.29) is 5.91 Å². The van der Waals surface area contributed by atoms with Crippen LogP contribution in [0.15, 0.2) is 60.9 Å². The van der Waals surface area contributed by atoms with Crippen molar-refractivity contribution in [2.24, 2.45) is 0 Å². The van der Waals surface area contributed by atoms with Gasteiger partial charge in [-0.1, -0.05) is 35.9 Å². The van der Waals surface area contributed by atoms with Crippen LogP contribution < -0.4 is 5.32 Å². The van der Waals surface area contributed by atoms with E-state index in [9.17, 15) is 4.79 Å². The van der Waals surface area contributed by atoms with E-state index >= 15 is 0 Å². The fraction of sp³-hybridized carbons (Fsp3) is 0.143. The number of fused-ring (bicyclic) bond motifs is 1. The molecule has 0 radical (unpaired) electrons. The summed E-state index contributed by atoms with van der Waals surface area (Å²) in [7, 11) is 0. The summed E-state index contributed by atoms with van der Waals surface area (Å²) >= 11 is 5.93. The van der Waals surface area contributed by atoms with E-state index in [2.05, 4.69) is 34.6 Å². The second-order valence-corrected chi connectivity index (χ2v) is 6.74. The van der Waals surface area contributed by atoms with Gasteiger partial charge in [0, 0.05) is 28.7 Å². The highest BCUT2D eigenvalue weighted by Crippen LogP contribution is 2.29. The minimum Gasteiger partial charge on any atom is -0.326 e. The number of hydrogen-bond acceptors (Lipinski definition) is 2.